The monoisotopic (exact) mass is 376 g/mol. The van der Waals surface area contributed by atoms with E-state index in [0.29, 0.717) is 40.2 Å². The minimum absolute atomic E-state index is 0.326. The van der Waals surface area contributed by atoms with Gasteiger partial charge in [0.2, 0.25) is 0 Å². The van der Waals surface area contributed by atoms with Crippen LogP contribution in [0.25, 0.3) is 21.3 Å². The summed E-state index contributed by atoms with van der Waals surface area (Å²) in [4.78, 5) is 30.2. The lowest BCUT2D eigenvalue weighted by atomic mass is 10.0. The Morgan fingerprint density at radius 2 is 2.04 bits per heavy atom. The average Bonchev–Trinajstić information content (AvgIpc) is 2.92. The Hall–Kier alpha value is -2.58. The molecule has 0 aliphatic heterocycles. The van der Waals surface area contributed by atoms with E-state index in [2.05, 4.69) is 4.98 Å². The number of benzene rings is 1. The molecule has 8 heteroatoms. The molecule has 0 amide bonds. The second-order valence-electron chi connectivity index (χ2n) is 5.78. The molecule has 0 aliphatic carbocycles. The Labute approximate surface area is 152 Å². The predicted octanol–water partition coefficient (Wildman–Crippen LogP) is 2.85. The zero-order chi connectivity index (χ0) is 18.8. The first-order valence-electron chi connectivity index (χ1n) is 7.92. The second kappa shape index (κ2) is 7.35. The number of aliphatic carboxylic acids is 1. The van der Waals surface area contributed by atoms with Gasteiger partial charge in [0.25, 0.3) is 5.56 Å². The molecule has 0 spiro atoms. The van der Waals surface area contributed by atoms with Gasteiger partial charge in [-0.1, -0.05) is 12.1 Å². The maximum atomic E-state index is 13.2. The largest absolute Gasteiger partial charge is 0.480 e. The summed E-state index contributed by atoms with van der Waals surface area (Å²) in [6.07, 6.45) is 0.331. The van der Waals surface area contributed by atoms with Crippen LogP contribution in [-0.2, 0) is 22.5 Å². The first-order valence-corrected chi connectivity index (χ1v) is 8.73. The van der Waals surface area contributed by atoms with Crippen LogP contribution >= 0.6 is 11.3 Å². The highest BCUT2D eigenvalue weighted by Crippen LogP contribution is 2.35. The Morgan fingerprint density at radius 1 is 1.35 bits per heavy atom. The minimum Gasteiger partial charge on any atom is -0.480 e. The van der Waals surface area contributed by atoms with Crippen molar-refractivity contribution in [3.63, 3.8) is 0 Å². The van der Waals surface area contributed by atoms with E-state index < -0.39 is 18.1 Å². The van der Waals surface area contributed by atoms with Crippen molar-refractivity contribution in [2.45, 2.75) is 19.9 Å². The van der Waals surface area contributed by atoms with Crippen LogP contribution in [0.3, 0.4) is 0 Å². The summed E-state index contributed by atoms with van der Waals surface area (Å²) in [6, 6.07) is 5.86. The quantitative estimate of drug-likeness (QED) is 0.715. The van der Waals surface area contributed by atoms with Crippen molar-refractivity contribution in [3.8, 4) is 11.1 Å². The fourth-order valence-electron chi connectivity index (χ4n) is 2.88. The molecule has 0 unspecified atom stereocenters. The summed E-state index contributed by atoms with van der Waals surface area (Å²) in [5, 5.41) is 9.54. The van der Waals surface area contributed by atoms with Crippen LogP contribution in [0.1, 0.15) is 10.7 Å². The van der Waals surface area contributed by atoms with Gasteiger partial charge in [0.15, 0.2) is 0 Å². The fraction of sp³-hybridized carbons (Fsp3) is 0.278. The van der Waals surface area contributed by atoms with Crippen molar-refractivity contribution >= 4 is 27.5 Å². The maximum absolute atomic E-state index is 13.2. The molecule has 2 aromatic heterocycles. The van der Waals surface area contributed by atoms with E-state index in [0.717, 1.165) is 4.88 Å². The molecule has 0 saturated heterocycles. The van der Waals surface area contributed by atoms with Crippen molar-refractivity contribution in [2.24, 2.45) is 0 Å². The number of aromatic nitrogens is 2. The van der Waals surface area contributed by atoms with E-state index in [1.165, 1.54) is 35.1 Å². The van der Waals surface area contributed by atoms with Gasteiger partial charge in [0.05, 0.1) is 12.0 Å². The lowest BCUT2D eigenvalue weighted by Crippen LogP contribution is -2.29. The normalized spacial score (nSPS) is 11.2. The summed E-state index contributed by atoms with van der Waals surface area (Å²) in [5.74, 6) is -1.12. The molecule has 3 aromatic rings. The van der Waals surface area contributed by atoms with Gasteiger partial charge < -0.3 is 9.84 Å². The fourth-order valence-corrected chi connectivity index (χ4v) is 3.94. The molecule has 136 valence electrons. The molecule has 0 radical (unpaired) electrons. The number of halogens is 1. The molecule has 0 aliphatic rings. The van der Waals surface area contributed by atoms with Crippen molar-refractivity contribution < 1.29 is 19.0 Å². The number of rotatable bonds is 6. The molecule has 3 rings (SSSR count). The van der Waals surface area contributed by atoms with Gasteiger partial charge in [0.1, 0.15) is 23.0 Å². The summed E-state index contributed by atoms with van der Waals surface area (Å²) in [5.41, 5.74) is 0.952. The van der Waals surface area contributed by atoms with E-state index in [9.17, 15) is 19.1 Å². The number of carboxylic acid groups (broad SMARTS) is 1. The van der Waals surface area contributed by atoms with Crippen molar-refractivity contribution in [3.05, 3.63) is 51.1 Å². The van der Waals surface area contributed by atoms with Crippen LogP contribution in [0.15, 0.2) is 29.1 Å². The number of fused-ring (bicyclic) bond motifs is 1. The van der Waals surface area contributed by atoms with Gasteiger partial charge in [-0.3, -0.25) is 14.2 Å². The van der Waals surface area contributed by atoms with Crippen molar-refractivity contribution in [2.75, 3.05) is 13.7 Å². The number of hydrogen-bond donors (Lipinski definition) is 1. The molecule has 0 saturated carbocycles. The highest BCUT2D eigenvalue weighted by atomic mass is 32.1. The zero-order valence-electron chi connectivity index (χ0n) is 14.3. The molecule has 0 bridgehead atoms. The first-order chi connectivity index (χ1) is 12.4. The van der Waals surface area contributed by atoms with Crippen LogP contribution in [0.5, 0.6) is 0 Å². The summed E-state index contributed by atoms with van der Waals surface area (Å²) < 4.78 is 19.4. The maximum Gasteiger partial charge on any atom is 0.323 e. The SMILES string of the molecule is COCCc1nc2sc(C)c(-c3ccc(F)cc3)c2c(=O)n1CC(=O)O. The lowest BCUT2D eigenvalue weighted by molar-refractivity contribution is -0.137. The standard InChI is InChI=1S/C18H17FN2O4S/c1-10-15(11-3-5-12(19)6-4-11)16-17(26-10)20-13(7-8-25-2)21(18(16)24)9-14(22)23/h3-6H,7-9H2,1-2H3,(H,22,23). The van der Waals surface area contributed by atoms with E-state index >= 15 is 0 Å². The molecule has 26 heavy (non-hydrogen) atoms. The van der Waals surface area contributed by atoms with Gasteiger partial charge in [-0.15, -0.1) is 11.3 Å². The Bertz CT molecular complexity index is 1020. The zero-order valence-corrected chi connectivity index (χ0v) is 15.1. The number of ether oxygens (including phenoxy) is 1. The van der Waals surface area contributed by atoms with Gasteiger partial charge >= 0.3 is 5.97 Å². The molecule has 6 nitrogen and oxygen atoms in total. The van der Waals surface area contributed by atoms with Crippen LogP contribution in [0.4, 0.5) is 4.39 Å². The van der Waals surface area contributed by atoms with Gasteiger partial charge in [-0.05, 0) is 24.6 Å². The molecule has 2 heterocycles. The Balaban J connectivity index is 2.28. The first kappa shape index (κ1) is 18.2. The number of aryl methyl sites for hydroxylation is 1. The van der Waals surface area contributed by atoms with Gasteiger partial charge in [-0.2, -0.15) is 0 Å². The van der Waals surface area contributed by atoms with Gasteiger partial charge in [-0.25, -0.2) is 9.37 Å². The summed E-state index contributed by atoms with van der Waals surface area (Å²) in [6.45, 7) is 1.71. The van der Waals surface area contributed by atoms with Crippen LogP contribution in [0, 0.1) is 12.7 Å². The summed E-state index contributed by atoms with van der Waals surface area (Å²) in [7, 11) is 1.53. The lowest BCUT2D eigenvalue weighted by Gasteiger charge is -2.11. The van der Waals surface area contributed by atoms with Crippen molar-refractivity contribution in [1.82, 2.24) is 9.55 Å². The third kappa shape index (κ3) is 3.38. The average molecular weight is 376 g/mol. The van der Waals surface area contributed by atoms with E-state index in [4.69, 9.17) is 4.74 Å². The van der Waals surface area contributed by atoms with Crippen LogP contribution in [-0.4, -0.2) is 34.3 Å². The Kier molecular flexibility index (Phi) is 5.15. The molecule has 0 atom stereocenters. The Morgan fingerprint density at radius 3 is 2.65 bits per heavy atom. The number of methoxy groups -OCH3 is 1. The number of carboxylic acids is 1. The second-order valence-corrected chi connectivity index (χ2v) is 6.98. The number of nitrogens with zero attached hydrogens (tertiary/aromatic N) is 2. The molecule has 1 N–H and O–H groups in total. The highest BCUT2D eigenvalue weighted by molar-refractivity contribution is 7.19. The molecule has 0 fully saturated rings. The predicted molar refractivity (Wildman–Crippen MR) is 97.2 cm³/mol. The molecular formula is C18H17FN2O4S. The smallest absolute Gasteiger partial charge is 0.323 e. The van der Waals surface area contributed by atoms with Gasteiger partial charge in [0, 0.05) is 24.0 Å². The topological polar surface area (TPSA) is 81.4 Å². The third-order valence-electron chi connectivity index (χ3n) is 4.02. The molecule has 1 aromatic carbocycles. The van der Waals surface area contributed by atoms with Crippen LogP contribution in [0.2, 0.25) is 0 Å². The third-order valence-corrected chi connectivity index (χ3v) is 5.02. The van der Waals surface area contributed by atoms with E-state index in [-0.39, 0.29) is 5.82 Å². The van der Waals surface area contributed by atoms with Crippen molar-refractivity contribution in [1.29, 1.82) is 0 Å². The number of carbonyl (C=O) groups is 1. The van der Waals surface area contributed by atoms with E-state index in [1.807, 2.05) is 6.92 Å². The number of thiophene rings is 1. The number of hydrogen-bond acceptors (Lipinski definition) is 5. The minimum atomic E-state index is -1.12. The molecular weight excluding hydrogens is 359 g/mol. The highest BCUT2D eigenvalue weighted by Gasteiger charge is 2.20. The summed E-state index contributed by atoms with van der Waals surface area (Å²) >= 11 is 1.36. The van der Waals surface area contributed by atoms with E-state index in [1.54, 1.807) is 12.1 Å². The van der Waals surface area contributed by atoms with Crippen LogP contribution < -0.4 is 5.56 Å².